The average Bonchev–Trinajstić information content (AvgIpc) is 1.86. The first kappa shape index (κ1) is 4.45. The molecule has 0 aromatic heterocycles. The van der Waals surface area contributed by atoms with Gasteiger partial charge >= 0.3 is 0 Å². The molecule has 2 heteroatoms. The van der Waals surface area contributed by atoms with E-state index >= 15 is 0 Å². The summed E-state index contributed by atoms with van der Waals surface area (Å²) in [6.45, 7) is 0. The molecule has 0 saturated heterocycles. The SMILES string of the molecule is [2H]C([2H])(Br)c1cccc(F)c1. The highest BCUT2D eigenvalue weighted by Gasteiger charge is 1.89. The van der Waals surface area contributed by atoms with Crippen LogP contribution in [0.25, 0.3) is 0 Å². The molecule has 0 heterocycles. The van der Waals surface area contributed by atoms with Gasteiger partial charge in [-0.25, -0.2) is 4.39 Å². The lowest BCUT2D eigenvalue weighted by Gasteiger charge is -1.91. The molecule has 0 radical (unpaired) electrons. The van der Waals surface area contributed by atoms with Crippen molar-refractivity contribution in [2.24, 2.45) is 0 Å². The number of rotatable bonds is 1. The topological polar surface area (TPSA) is 0 Å². The molecule has 0 nitrogen and oxygen atoms in total. The first-order chi connectivity index (χ1) is 5.00. The number of hydrogen-bond donors (Lipinski definition) is 0. The Balaban J connectivity index is 3.06. The van der Waals surface area contributed by atoms with Gasteiger partial charge in [0.05, 0.1) is 0 Å². The van der Waals surface area contributed by atoms with E-state index in [0.717, 1.165) is 6.07 Å². The smallest absolute Gasteiger partial charge is 0.123 e. The molecule has 0 unspecified atom stereocenters. The minimum absolute atomic E-state index is 0.289. The van der Waals surface area contributed by atoms with Crippen LogP contribution in [0.15, 0.2) is 24.3 Å². The van der Waals surface area contributed by atoms with Crippen LogP contribution >= 0.6 is 15.9 Å². The van der Waals surface area contributed by atoms with Crippen LogP contribution in [-0.4, -0.2) is 0 Å². The van der Waals surface area contributed by atoms with Crippen LogP contribution in [-0.2, 0) is 5.28 Å². The highest BCUT2D eigenvalue weighted by Crippen LogP contribution is 2.06. The summed E-state index contributed by atoms with van der Waals surface area (Å²) >= 11 is 2.79. The first-order valence-corrected chi connectivity index (χ1v) is 3.24. The van der Waals surface area contributed by atoms with E-state index in [1.54, 1.807) is 0 Å². The lowest BCUT2D eigenvalue weighted by Crippen LogP contribution is -1.77. The Hall–Kier alpha value is -0.370. The van der Waals surface area contributed by atoms with Gasteiger partial charge in [0.1, 0.15) is 5.82 Å². The summed E-state index contributed by atoms with van der Waals surface area (Å²) < 4.78 is 26.9. The van der Waals surface area contributed by atoms with Crippen LogP contribution in [0.2, 0.25) is 0 Å². The maximum absolute atomic E-state index is 12.5. The van der Waals surface area contributed by atoms with E-state index in [0.29, 0.717) is 0 Å². The van der Waals surface area contributed by atoms with Crippen molar-refractivity contribution in [3.8, 4) is 0 Å². The zero-order valence-corrected chi connectivity index (χ0v) is 6.15. The number of alkyl halides is 1. The van der Waals surface area contributed by atoms with E-state index in [2.05, 4.69) is 15.9 Å². The minimum atomic E-state index is -1.64. The molecule has 0 aliphatic rings. The molecule has 9 heavy (non-hydrogen) atoms. The second-order valence-electron chi connectivity index (χ2n) is 1.60. The first-order valence-electron chi connectivity index (χ1n) is 3.45. The third-order valence-corrected chi connectivity index (χ3v) is 1.39. The summed E-state index contributed by atoms with van der Waals surface area (Å²) in [6, 6.07) is 5.44. The number of hydrogen-bond acceptors (Lipinski definition) is 0. The maximum atomic E-state index is 12.5. The summed E-state index contributed by atoms with van der Waals surface area (Å²) in [5.41, 5.74) is 0.289. The normalized spacial score (nSPS) is 14.4. The molecule has 0 saturated carbocycles. The fourth-order valence-corrected chi connectivity index (χ4v) is 0.794. The molecule has 0 aliphatic carbocycles. The Morgan fingerprint density at radius 2 is 2.44 bits per heavy atom. The Bertz CT molecular complexity index is 257. The number of halogens is 2. The van der Waals surface area contributed by atoms with Crippen molar-refractivity contribution < 1.29 is 7.13 Å². The van der Waals surface area contributed by atoms with E-state index in [9.17, 15) is 4.39 Å². The summed E-state index contributed by atoms with van der Waals surface area (Å²) in [6.07, 6.45) is 0. The standard InChI is InChI=1S/C7H6BrF/c8-5-6-2-1-3-7(9)4-6/h1-4H,5H2/i5D2. The van der Waals surface area contributed by atoms with Gasteiger partial charge in [-0.3, -0.25) is 0 Å². The van der Waals surface area contributed by atoms with E-state index in [-0.39, 0.29) is 5.56 Å². The van der Waals surface area contributed by atoms with Crippen molar-refractivity contribution in [1.82, 2.24) is 0 Å². The van der Waals surface area contributed by atoms with Crippen molar-refractivity contribution in [1.29, 1.82) is 0 Å². The lowest BCUT2D eigenvalue weighted by atomic mass is 10.2. The molecule has 0 N–H and O–H groups in total. The molecule has 1 rings (SSSR count). The van der Waals surface area contributed by atoms with Crippen molar-refractivity contribution in [2.45, 2.75) is 5.28 Å². The third-order valence-electron chi connectivity index (χ3n) is 0.934. The van der Waals surface area contributed by atoms with E-state index in [1.165, 1.54) is 18.2 Å². The molecule has 0 spiro atoms. The van der Waals surface area contributed by atoms with E-state index in [4.69, 9.17) is 2.74 Å². The summed E-state index contributed by atoms with van der Waals surface area (Å²) in [4.78, 5) is 0. The third kappa shape index (κ3) is 1.79. The van der Waals surface area contributed by atoms with Crippen LogP contribution in [0.4, 0.5) is 4.39 Å². The maximum Gasteiger partial charge on any atom is 0.123 e. The van der Waals surface area contributed by atoms with Crippen molar-refractivity contribution in [2.75, 3.05) is 0 Å². The molecule has 1 aromatic carbocycles. The number of benzene rings is 1. The second kappa shape index (κ2) is 2.97. The van der Waals surface area contributed by atoms with Crippen LogP contribution in [0, 0.1) is 5.82 Å². The average molecular weight is 191 g/mol. The summed E-state index contributed by atoms with van der Waals surface area (Å²) in [5.74, 6) is -0.425. The second-order valence-corrected chi connectivity index (χ2v) is 2.00. The Labute approximate surface area is 64.6 Å². The highest BCUT2D eigenvalue weighted by molar-refractivity contribution is 9.08. The van der Waals surface area contributed by atoms with Gasteiger partial charge in [0.25, 0.3) is 0 Å². The molecular formula is C7H6BrF. The van der Waals surface area contributed by atoms with E-state index in [1.807, 2.05) is 0 Å². The highest BCUT2D eigenvalue weighted by atomic mass is 79.9. The summed E-state index contributed by atoms with van der Waals surface area (Å²) in [5, 5.41) is -1.64. The van der Waals surface area contributed by atoms with Crippen LogP contribution < -0.4 is 0 Å². The lowest BCUT2D eigenvalue weighted by molar-refractivity contribution is 0.626. The van der Waals surface area contributed by atoms with Gasteiger partial charge in [-0.1, -0.05) is 28.1 Å². The van der Waals surface area contributed by atoms with E-state index < -0.39 is 11.1 Å². The van der Waals surface area contributed by atoms with Crippen LogP contribution in [0.5, 0.6) is 0 Å². The zero-order valence-electron chi connectivity index (χ0n) is 6.57. The van der Waals surface area contributed by atoms with Gasteiger partial charge in [0.15, 0.2) is 0 Å². The molecule has 0 aliphatic heterocycles. The van der Waals surface area contributed by atoms with Crippen molar-refractivity contribution in [3.63, 3.8) is 0 Å². The molecule has 48 valence electrons. The van der Waals surface area contributed by atoms with Crippen LogP contribution in [0.1, 0.15) is 8.30 Å². The largest absolute Gasteiger partial charge is 0.207 e. The predicted octanol–water partition coefficient (Wildman–Crippen LogP) is 2.72. The monoisotopic (exact) mass is 190 g/mol. The molecule has 1 aromatic rings. The van der Waals surface area contributed by atoms with Crippen LogP contribution in [0.3, 0.4) is 0 Å². The molecule has 0 amide bonds. The Morgan fingerprint density at radius 3 is 2.89 bits per heavy atom. The van der Waals surface area contributed by atoms with Crippen molar-refractivity contribution in [3.05, 3.63) is 35.6 Å². The molecular weight excluding hydrogens is 183 g/mol. The molecule has 0 atom stereocenters. The Morgan fingerprint density at radius 1 is 1.67 bits per heavy atom. The van der Waals surface area contributed by atoms with Gasteiger partial charge in [-0.2, -0.15) is 0 Å². The minimum Gasteiger partial charge on any atom is -0.207 e. The van der Waals surface area contributed by atoms with Gasteiger partial charge in [-0.05, 0) is 17.7 Å². The van der Waals surface area contributed by atoms with Gasteiger partial charge in [0, 0.05) is 8.02 Å². The molecule has 0 fully saturated rings. The zero-order chi connectivity index (χ0) is 8.48. The Kier molecular flexibility index (Phi) is 1.47. The fourth-order valence-electron chi connectivity index (χ4n) is 0.547. The molecule has 0 bridgehead atoms. The summed E-state index contributed by atoms with van der Waals surface area (Å²) in [7, 11) is 0. The predicted molar refractivity (Wildman–Crippen MR) is 39.0 cm³/mol. The fraction of sp³-hybridized carbons (Fsp3) is 0.143. The van der Waals surface area contributed by atoms with Crippen molar-refractivity contribution >= 4 is 15.9 Å². The van der Waals surface area contributed by atoms with Gasteiger partial charge in [-0.15, -0.1) is 0 Å². The quantitative estimate of drug-likeness (QED) is 0.598. The van der Waals surface area contributed by atoms with Gasteiger partial charge in [0.2, 0.25) is 0 Å². The van der Waals surface area contributed by atoms with Gasteiger partial charge < -0.3 is 0 Å².